The number of fused-ring (bicyclic) bond motifs is 8. The molecule has 0 bridgehead atoms. The van der Waals surface area contributed by atoms with Gasteiger partial charge in [0.2, 0.25) is 0 Å². The summed E-state index contributed by atoms with van der Waals surface area (Å²) in [5, 5.41) is 2.24. The molecule has 3 aliphatic carbocycles. The van der Waals surface area contributed by atoms with Crippen LogP contribution in [-0.2, 0) is 5.41 Å². The first kappa shape index (κ1) is 27.2. The van der Waals surface area contributed by atoms with Gasteiger partial charge in [0, 0.05) is 27.8 Å². The van der Waals surface area contributed by atoms with Crippen molar-refractivity contribution in [1.82, 2.24) is 0 Å². The molecule has 0 saturated carbocycles. The summed E-state index contributed by atoms with van der Waals surface area (Å²) in [7, 11) is 0. The molecule has 2 nitrogen and oxygen atoms in total. The molecule has 8 aromatic carbocycles. The van der Waals surface area contributed by atoms with E-state index < -0.39 is 0 Å². The Labute approximate surface area is 295 Å². The molecule has 12 rings (SSSR count). The molecule has 0 aliphatic heterocycles. The van der Waals surface area contributed by atoms with Gasteiger partial charge >= 0.3 is 0 Å². The minimum absolute atomic E-state index is 0.340. The zero-order valence-corrected chi connectivity index (χ0v) is 27.6. The van der Waals surface area contributed by atoms with Gasteiger partial charge in [-0.05, 0) is 115 Å². The van der Waals surface area contributed by atoms with Gasteiger partial charge in [-0.25, -0.2) is 0 Å². The second-order valence-corrected chi connectivity index (χ2v) is 14.0. The van der Waals surface area contributed by atoms with Crippen LogP contribution in [0.5, 0.6) is 0 Å². The average Bonchev–Trinajstić information content (AvgIpc) is 3.90. The van der Waals surface area contributed by atoms with Gasteiger partial charge < -0.3 is 9.32 Å². The summed E-state index contributed by atoms with van der Waals surface area (Å²) in [5.74, 6) is 0. The standard InChI is InChI=1S/C49H29NO/c1-2-10-30(11-3-1)31-20-22-32(23-21-31)50(33-25-27-46-42(28-33)37-13-5-7-19-45(37)51-46)34-24-26-36-39-15-9-17-41-40-16-8-14-38-35-12-4-6-18-43(35)49(47(38)40,48(39)41)44(36)29-34/h1-29H. The quantitative estimate of drug-likeness (QED) is 0.189. The molecule has 1 aromatic heterocycles. The van der Waals surface area contributed by atoms with Crippen molar-refractivity contribution in [2.24, 2.45) is 0 Å². The van der Waals surface area contributed by atoms with Gasteiger partial charge in [0.15, 0.2) is 0 Å². The maximum atomic E-state index is 6.28. The van der Waals surface area contributed by atoms with Gasteiger partial charge in [-0.3, -0.25) is 0 Å². The van der Waals surface area contributed by atoms with Crippen LogP contribution in [-0.4, -0.2) is 0 Å². The van der Waals surface area contributed by atoms with Crippen molar-refractivity contribution in [3.8, 4) is 44.5 Å². The summed E-state index contributed by atoms with van der Waals surface area (Å²) >= 11 is 0. The van der Waals surface area contributed by atoms with E-state index in [1.807, 2.05) is 12.1 Å². The van der Waals surface area contributed by atoms with E-state index in [4.69, 9.17) is 4.42 Å². The van der Waals surface area contributed by atoms with Crippen LogP contribution < -0.4 is 4.90 Å². The first-order valence-electron chi connectivity index (χ1n) is 17.7. The van der Waals surface area contributed by atoms with E-state index in [0.717, 1.165) is 39.0 Å². The second-order valence-electron chi connectivity index (χ2n) is 14.0. The van der Waals surface area contributed by atoms with Gasteiger partial charge in [-0.15, -0.1) is 0 Å². The van der Waals surface area contributed by atoms with E-state index in [0.29, 0.717) is 0 Å². The molecule has 1 unspecified atom stereocenters. The molecule has 9 aromatic rings. The highest BCUT2D eigenvalue weighted by Crippen LogP contribution is 2.70. The fraction of sp³-hybridized carbons (Fsp3) is 0.0204. The molecular formula is C49H29NO. The van der Waals surface area contributed by atoms with Crippen LogP contribution >= 0.6 is 0 Å². The first-order valence-corrected chi connectivity index (χ1v) is 17.7. The van der Waals surface area contributed by atoms with Crippen molar-refractivity contribution in [3.63, 3.8) is 0 Å². The number of para-hydroxylation sites is 1. The molecular weight excluding hydrogens is 619 g/mol. The molecule has 1 heterocycles. The highest BCUT2D eigenvalue weighted by molar-refractivity contribution is 6.08. The smallest absolute Gasteiger partial charge is 0.135 e. The number of nitrogens with zero attached hydrogens (tertiary/aromatic N) is 1. The largest absolute Gasteiger partial charge is 0.456 e. The highest BCUT2D eigenvalue weighted by atomic mass is 16.3. The van der Waals surface area contributed by atoms with Crippen LogP contribution in [0.15, 0.2) is 180 Å². The summed E-state index contributed by atoms with van der Waals surface area (Å²) < 4.78 is 6.28. The Morgan fingerprint density at radius 1 is 0.353 bits per heavy atom. The van der Waals surface area contributed by atoms with Crippen LogP contribution in [0, 0.1) is 0 Å². The lowest BCUT2D eigenvalue weighted by Crippen LogP contribution is -2.23. The van der Waals surface area contributed by atoms with Gasteiger partial charge in [-0.1, -0.05) is 127 Å². The van der Waals surface area contributed by atoms with Gasteiger partial charge in [0.25, 0.3) is 0 Å². The van der Waals surface area contributed by atoms with Crippen LogP contribution in [0.1, 0.15) is 22.3 Å². The fourth-order valence-corrected chi connectivity index (χ4v) is 9.61. The SMILES string of the molecule is c1ccc(-c2ccc(N(c3ccc4c(c3)C35c6ccccc6-c6cccc(c63)-c3cccc-4c35)c3ccc4oc5ccccc5c4c3)cc2)cc1. The Hall–Kier alpha value is -6.64. The van der Waals surface area contributed by atoms with Gasteiger partial charge in [-0.2, -0.15) is 0 Å². The number of rotatable bonds is 4. The molecule has 3 aliphatic rings. The normalized spacial score (nSPS) is 15.5. The zero-order valence-electron chi connectivity index (χ0n) is 27.6. The molecule has 0 saturated heterocycles. The van der Waals surface area contributed by atoms with Crippen molar-refractivity contribution in [2.45, 2.75) is 5.41 Å². The van der Waals surface area contributed by atoms with E-state index in [1.165, 1.54) is 66.8 Å². The van der Waals surface area contributed by atoms with Crippen LogP contribution in [0.2, 0.25) is 0 Å². The Balaban J connectivity index is 1.12. The number of anilines is 3. The third-order valence-electron chi connectivity index (χ3n) is 11.6. The third-order valence-corrected chi connectivity index (χ3v) is 11.6. The molecule has 0 amide bonds. The zero-order chi connectivity index (χ0) is 33.3. The first-order chi connectivity index (χ1) is 25.3. The van der Waals surface area contributed by atoms with Crippen molar-refractivity contribution in [1.29, 1.82) is 0 Å². The molecule has 51 heavy (non-hydrogen) atoms. The average molecular weight is 648 g/mol. The van der Waals surface area contributed by atoms with Crippen molar-refractivity contribution in [3.05, 3.63) is 198 Å². The lowest BCUT2D eigenvalue weighted by Gasteiger charge is -2.30. The van der Waals surface area contributed by atoms with Crippen molar-refractivity contribution >= 4 is 39.0 Å². The van der Waals surface area contributed by atoms with Gasteiger partial charge in [0.1, 0.15) is 11.2 Å². The molecule has 0 fully saturated rings. The summed E-state index contributed by atoms with van der Waals surface area (Å²) in [6.45, 7) is 0. The van der Waals surface area contributed by atoms with E-state index in [1.54, 1.807) is 0 Å². The van der Waals surface area contributed by atoms with Crippen molar-refractivity contribution < 1.29 is 4.42 Å². The Kier molecular flexibility index (Phi) is 5.20. The molecule has 2 heteroatoms. The predicted molar refractivity (Wildman–Crippen MR) is 209 cm³/mol. The van der Waals surface area contributed by atoms with Crippen LogP contribution in [0.25, 0.3) is 66.4 Å². The minimum Gasteiger partial charge on any atom is -0.456 e. The maximum absolute atomic E-state index is 6.28. The number of hydrogen-bond donors (Lipinski definition) is 0. The maximum Gasteiger partial charge on any atom is 0.135 e. The van der Waals surface area contributed by atoms with E-state index in [9.17, 15) is 0 Å². The van der Waals surface area contributed by atoms with E-state index >= 15 is 0 Å². The Morgan fingerprint density at radius 2 is 0.902 bits per heavy atom. The van der Waals surface area contributed by atoms with Crippen LogP contribution in [0.3, 0.4) is 0 Å². The number of hydrogen-bond acceptors (Lipinski definition) is 2. The van der Waals surface area contributed by atoms with Gasteiger partial charge in [0.05, 0.1) is 5.41 Å². The monoisotopic (exact) mass is 647 g/mol. The van der Waals surface area contributed by atoms with Crippen LogP contribution in [0.4, 0.5) is 17.1 Å². The summed E-state index contributed by atoms with van der Waals surface area (Å²) in [6, 6.07) is 64.6. The molecule has 0 radical (unpaired) electrons. The molecule has 1 atom stereocenters. The third kappa shape index (κ3) is 3.42. The van der Waals surface area contributed by atoms with E-state index in [-0.39, 0.29) is 5.41 Å². The lowest BCUT2D eigenvalue weighted by molar-refractivity contribution is 0.669. The molecule has 0 N–H and O–H groups in total. The second kappa shape index (κ2) is 9.74. The van der Waals surface area contributed by atoms with E-state index in [2.05, 4.69) is 169 Å². The number of benzene rings is 8. The lowest BCUT2D eigenvalue weighted by atomic mass is 9.73. The highest BCUT2D eigenvalue weighted by Gasteiger charge is 2.57. The predicted octanol–water partition coefficient (Wildman–Crippen LogP) is 13.0. The fourth-order valence-electron chi connectivity index (χ4n) is 9.61. The number of furan rings is 1. The topological polar surface area (TPSA) is 16.4 Å². The Bertz CT molecular complexity index is 2880. The summed E-state index contributed by atoms with van der Waals surface area (Å²) in [5.41, 5.74) is 20.9. The summed E-state index contributed by atoms with van der Waals surface area (Å²) in [4.78, 5) is 2.42. The minimum atomic E-state index is -0.340. The molecule has 236 valence electrons. The Morgan fingerprint density at radius 3 is 1.69 bits per heavy atom. The van der Waals surface area contributed by atoms with Crippen molar-refractivity contribution in [2.75, 3.05) is 4.90 Å². The molecule has 1 spiro atoms. The summed E-state index contributed by atoms with van der Waals surface area (Å²) in [6.07, 6.45) is 0.